The lowest BCUT2D eigenvalue weighted by Gasteiger charge is -2.39. The van der Waals surface area contributed by atoms with Crippen molar-refractivity contribution in [3.05, 3.63) is 29.3 Å². The van der Waals surface area contributed by atoms with Crippen molar-refractivity contribution < 1.29 is 19.5 Å². The molecular weight excluding hydrogens is 474 g/mol. The topological polar surface area (TPSA) is 98.7 Å². The Bertz CT molecular complexity index is 1050. The SMILES string of the molecule is CCCNC(=O)[C@@H]1[C@H]2C(=O)N([C@@H](CO)[C@@H](C)CC)C(C(=O)Nc3cc(C)ccc3C)C23CC[C@@]1(C)S3. The molecule has 2 bridgehead atoms. The molecule has 3 amide bonds. The first-order valence-corrected chi connectivity index (χ1v) is 14.1. The maximum atomic E-state index is 14.3. The predicted octanol–water partition coefficient (Wildman–Crippen LogP) is 3.66. The number of thioether (sulfide) groups is 1. The molecule has 1 aromatic carbocycles. The first-order chi connectivity index (χ1) is 17.0. The fraction of sp³-hybridized carbons (Fsp3) is 0.679. The Hall–Kier alpha value is -2.06. The molecule has 1 aromatic rings. The molecule has 36 heavy (non-hydrogen) atoms. The van der Waals surface area contributed by atoms with E-state index in [1.165, 1.54) is 0 Å². The van der Waals surface area contributed by atoms with Crippen LogP contribution in [0.4, 0.5) is 5.69 Å². The third-order valence-electron chi connectivity index (χ3n) is 8.79. The largest absolute Gasteiger partial charge is 0.394 e. The number of carbonyl (C=O) groups excluding carboxylic acids is 3. The summed E-state index contributed by atoms with van der Waals surface area (Å²) in [5, 5.41) is 16.6. The van der Waals surface area contributed by atoms with Crippen LogP contribution < -0.4 is 10.6 Å². The van der Waals surface area contributed by atoms with Gasteiger partial charge in [-0.05, 0) is 63.1 Å². The molecule has 4 rings (SSSR count). The molecule has 0 radical (unpaired) electrons. The highest BCUT2D eigenvalue weighted by Crippen LogP contribution is 2.71. The Balaban J connectivity index is 1.79. The molecule has 7 nitrogen and oxygen atoms in total. The second-order valence-corrected chi connectivity index (χ2v) is 13.1. The minimum absolute atomic E-state index is 0.00957. The number of anilines is 1. The highest BCUT2D eigenvalue weighted by Gasteiger charge is 2.77. The molecular formula is C28H41N3O4S. The first-order valence-electron chi connectivity index (χ1n) is 13.3. The van der Waals surface area contributed by atoms with Crippen LogP contribution in [0.25, 0.3) is 0 Å². The quantitative estimate of drug-likeness (QED) is 0.466. The molecule has 3 aliphatic heterocycles. The van der Waals surface area contributed by atoms with Crippen LogP contribution in [0.15, 0.2) is 18.2 Å². The van der Waals surface area contributed by atoms with Crippen molar-refractivity contribution in [2.75, 3.05) is 18.5 Å². The molecule has 8 heteroatoms. The Kier molecular flexibility index (Phi) is 7.50. The number of likely N-dealkylation sites (tertiary alicyclic amines) is 1. The average Bonchev–Trinajstić information content (AvgIpc) is 3.41. The van der Waals surface area contributed by atoms with E-state index in [9.17, 15) is 19.5 Å². The van der Waals surface area contributed by atoms with Crippen LogP contribution in [0.5, 0.6) is 0 Å². The number of hydrogen-bond acceptors (Lipinski definition) is 5. The third-order valence-corrected chi connectivity index (χ3v) is 10.8. The lowest BCUT2D eigenvalue weighted by atomic mass is 9.66. The second-order valence-electron chi connectivity index (χ2n) is 11.2. The second kappa shape index (κ2) is 10.0. The number of aliphatic hydroxyl groups excluding tert-OH is 1. The first kappa shape index (κ1) is 27.0. The Morgan fingerprint density at radius 1 is 1.22 bits per heavy atom. The van der Waals surface area contributed by atoms with Crippen molar-refractivity contribution >= 4 is 35.2 Å². The number of fused-ring (bicyclic) bond motifs is 1. The summed E-state index contributed by atoms with van der Waals surface area (Å²) in [7, 11) is 0. The molecule has 3 N–H and O–H groups in total. The van der Waals surface area contributed by atoms with E-state index >= 15 is 0 Å². The van der Waals surface area contributed by atoms with E-state index in [0.29, 0.717) is 13.0 Å². The van der Waals surface area contributed by atoms with Crippen molar-refractivity contribution in [3.8, 4) is 0 Å². The van der Waals surface area contributed by atoms with Crippen molar-refractivity contribution in [3.63, 3.8) is 0 Å². The summed E-state index contributed by atoms with van der Waals surface area (Å²) < 4.78 is -1.09. The number of rotatable bonds is 9. The van der Waals surface area contributed by atoms with E-state index in [2.05, 4.69) is 17.6 Å². The summed E-state index contributed by atoms with van der Waals surface area (Å²) in [4.78, 5) is 43.5. The number of carbonyl (C=O) groups is 3. The lowest BCUT2D eigenvalue weighted by molar-refractivity contribution is -0.143. The molecule has 7 atom stereocenters. The highest BCUT2D eigenvalue weighted by molar-refractivity contribution is 8.02. The van der Waals surface area contributed by atoms with Gasteiger partial charge in [-0.2, -0.15) is 0 Å². The normalized spacial score (nSPS) is 32.4. The molecule has 2 unspecified atom stereocenters. The van der Waals surface area contributed by atoms with Crippen LogP contribution in [0.3, 0.4) is 0 Å². The van der Waals surface area contributed by atoms with E-state index in [0.717, 1.165) is 36.1 Å². The Morgan fingerprint density at radius 3 is 2.58 bits per heavy atom. The fourth-order valence-corrected chi connectivity index (χ4v) is 9.01. The van der Waals surface area contributed by atoms with Crippen molar-refractivity contribution in [1.82, 2.24) is 10.2 Å². The summed E-state index contributed by atoms with van der Waals surface area (Å²) in [5.41, 5.74) is 2.72. The maximum absolute atomic E-state index is 14.3. The van der Waals surface area contributed by atoms with Gasteiger partial charge in [0.2, 0.25) is 17.7 Å². The van der Waals surface area contributed by atoms with Gasteiger partial charge in [-0.1, -0.05) is 39.3 Å². The zero-order chi connectivity index (χ0) is 26.4. The zero-order valence-electron chi connectivity index (χ0n) is 22.4. The Morgan fingerprint density at radius 2 is 1.94 bits per heavy atom. The molecule has 1 spiro atoms. The van der Waals surface area contributed by atoms with Gasteiger partial charge < -0.3 is 20.6 Å². The fourth-order valence-electron chi connectivity index (χ4n) is 6.67. The van der Waals surface area contributed by atoms with Crippen LogP contribution in [0, 0.1) is 31.6 Å². The predicted molar refractivity (Wildman–Crippen MR) is 144 cm³/mol. The highest BCUT2D eigenvalue weighted by atomic mass is 32.2. The summed E-state index contributed by atoms with van der Waals surface area (Å²) >= 11 is 1.67. The van der Waals surface area contributed by atoms with Gasteiger partial charge in [-0.3, -0.25) is 14.4 Å². The van der Waals surface area contributed by atoms with E-state index in [-0.39, 0.29) is 30.2 Å². The van der Waals surface area contributed by atoms with Crippen molar-refractivity contribution in [1.29, 1.82) is 0 Å². The number of hydrogen-bond donors (Lipinski definition) is 3. The van der Waals surface area contributed by atoms with Gasteiger partial charge in [0.25, 0.3) is 0 Å². The Labute approximate surface area is 219 Å². The molecule has 3 saturated heterocycles. The summed E-state index contributed by atoms with van der Waals surface area (Å²) in [6.07, 6.45) is 3.06. The van der Waals surface area contributed by atoms with Gasteiger partial charge in [-0.15, -0.1) is 11.8 Å². The van der Waals surface area contributed by atoms with Crippen LogP contribution in [0.2, 0.25) is 0 Å². The smallest absolute Gasteiger partial charge is 0.248 e. The summed E-state index contributed by atoms with van der Waals surface area (Å²) in [5.74, 6) is -1.55. The van der Waals surface area contributed by atoms with Crippen LogP contribution >= 0.6 is 11.8 Å². The number of aryl methyl sites for hydroxylation is 2. The number of amides is 3. The van der Waals surface area contributed by atoms with Crippen LogP contribution in [-0.4, -0.2) is 62.5 Å². The molecule has 0 aliphatic carbocycles. The summed E-state index contributed by atoms with van der Waals surface area (Å²) in [6, 6.07) is 4.69. The van der Waals surface area contributed by atoms with Gasteiger partial charge in [0.1, 0.15) is 6.04 Å². The summed E-state index contributed by atoms with van der Waals surface area (Å²) in [6.45, 7) is 12.4. The lowest BCUT2D eigenvalue weighted by Crippen LogP contribution is -2.56. The zero-order valence-corrected chi connectivity index (χ0v) is 23.2. The number of benzene rings is 1. The van der Waals surface area contributed by atoms with Crippen LogP contribution in [-0.2, 0) is 14.4 Å². The van der Waals surface area contributed by atoms with E-state index in [1.807, 2.05) is 52.8 Å². The number of aliphatic hydroxyl groups is 1. The van der Waals surface area contributed by atoms with Gasteiger partial charge in [0.05, 0.1) is 29.2 Å². The molecule has 3 heterocycles. The molecule has 3 aliphatic rings. The van der Waals surface area contributed by atoms with Gasteiger partial charge in [0.15, 0.2) is 0 Å². The molecule has 0 saturated carbocycles. The van der Waals surface area contributed by atoms with E-state index < -0.39 is 33.4 Å². The van der Waals surface area contributed by atoms with E-state index in [4.69, 9.17) is 0 Å². The minimum Gasteiger partial charge on any atom is -0.394 e. The van der Waals surface area contributed by atoms with Crippen LogP contribution in [0.1, 0.15) is 64.5 Å². The van der Waals surface area contributed by atoms with Crippen molar-refractivity contribution in [2.24, 2.45) is 17.8 Å². The number of nitrogens with one attached hydrogen (secondary N) is 2. The minimum atomic E-state index is -0.753. The van der Waals surface area contributed by atoms with Crippen molar-refractivity contribution in [2.45, 2.75) is 88.8 Å². The monoisotopic (exact) mass is 515 g/mol. The van der Waals surface area contributed by atoms with E-state index in [1.54, 1.807) is 16.7 Å². The molecule has 3 fully saturated rings. The van der Waals surface area contributed by atoms with Gasteiger partial charge in [0, 0.05) is 17.0 Å². The molecule has 198 valence electrons. The van der Waals surface area contributed by atoms with Gasteiger partial charge in [-0.25, -0.2) is 0 Å². The third kappa shape index (κ3) is 4.14. The number of nitrogens with zero attached hydrogens (tertiary/aromatic N) is 1. The molecule has 0 aromatic heterocycles. The standard InChI is InChI=1S/C28H41N3O4S/c1-7-13-29-24(33)21-22-26(35)31(20(15-32)17(4)8-2)23(28(22)12-11-27(21,6)36-28)25(34)30-19-14-16(3)9-10-18(19)5/h9-10,14,17,20-23,32H,7-8,11-13,15H2,1-6H3,(H,29,33)(H,30,34)/t17-,20-,21-,22-,23?,27+,28?/m0/s1. The average molecular weight is 516 g/mol. The van der Waals surface area contributed by atoms with Gasteiger partial charge >= 0.3 is 0 Å². The maximum Gasteiger partial charge on any atom is 0.248 e.